The van der Waals surface area contributed by atoms with E-state index in [1.807, 2.05) is 47.4 Å². The van der Waals surface area contributed by atoms with Crippen LogP contribution in [0.5, 0.6) is 0 Å². The van der Waals surface area contributed by atoms with Crippen LogP contribution < -0.4 is 5.73 Å². The average Bonchev–Trinajstić information content (AvgIpc) is 2.42. The highest BCUT2D eigenvalue weighted by Gasteiger charge is 2.17. The smallest absolute Gasteiger partial charge is 0.197 e. The van der Waals surface area contributed by atoms with Crippen LogP contribution in [0.4, 0.5) is 5.69 Å². The van der Waals surface area contributed by atoms with Gasteiger partial charge in [0.2, 0.25) is 0 Å². The first kappa shape index (κ1) is 12.1. The van der Waals surface area contributed by atoms with Crippen LogP contribution in [0.15, 0.2) is 53.5 Å². The molecule has 3 rings (SSSR count). The number of aliphatic imine (C=N–C) groups is 1. The molecule has 0 amide bonds. The lowest BCUT2D eigenvalue weighted by Crippen LogP contribution is -2.38. The molecule has 0 unspecified atom stereocenters. The SMILES string of the molecule is NC1=Nc2ccccc2CN1Cc1ccccc1Cl. The molecule has 2 aromatic carbocycles. The van der Waals surface area contributed by atoms with Crippen LogP contribution in [0, 0.1) is 0 Å². The standard InChI is InChI=1S/C15H14ClN3/c16-13-7-3-1-5-11(13)9-19-10-12-6-2-4-8-14(12)18-15(19)17/h1-8H,9-10H2,(H2,17,18). The van der Waals surface area contributed by atoms with E-state index in [1.54, 1.807) is 0 Å². The highest BCUT2D eigenvalue weighted by Crippen LogP contribution is 2.26. The molecule has 4 heteroatoms. The fraction of sp³-hybridized carbons (Fsp3) is 0.133. The lowest BCUT2D eigenvalue weighted by Gasteiger charge is -2.28. The van der Waals surface area contributed by atoms with Gasteiger partial charge in [-0.25, -0.2) is 4.99 Å². The van der Waals surface area contributed by atoms with Crippen molar-refractivity contribution in [1.29, 1.82) is 0 Å². The highest BCUT2D eigenvalue weighted by molar-refractivity contribution is 6.31. The van der Waals surface area contributed by atoms with Crippen LogP contribution in [-0.2, 0) is 13.1 Å². The molecule has 2 aromatic rings. The molecular weight excluding hydrogens is 258 g/mol. The van der Waals surface area contributed by atoms with Gasteiger partial charge in [0.15, 0.2) is 5.96 Å². The topological polar surface area (TPSA) is 41.6 Å². The Hall–Kier alpha value is -2.00. The highest BCUT2D eigenvalue weighted by atomic mass is 35.5. The summed E-state index contributed by atoms with van der Waals surface area (Å²) in [6, 6.07) is 15.8. The van der Waals surface area contributed by atoms with Gasteiger partial charge in [-0.1, -0.05) is 48.0 Å². The van der Waals surface area contributed by atoms with Gasteiger partial charge in [0, 0.05) is 18.1 Å². The zero-order valence-electron chi connectivity index (χ0n) is 10.4. The third-order valence-electron chi connectivity index (χ3n) is 3.23. The summed E-state index contributed by atoms with van der Waals surface area (Å²) < 4.78 is 0. The maximum atomic E-state index is 6.18. The molecule has 1 aliphatic rings. The van der Waals surface area contributed by atoms with Gasteiger partial charge in [0.1, 0.15) is 0 Å². The van der Waals surface area contributed by atoms with E-state index in [4.69, 9.17) is 17.3 Å². The van der Waals surface area contributed by atoms with Crippen LogP contribution in [0.1, 0.15) is 11.1 Å². The van der Waals surface area contributed by atoms with Crippen LogP contribution in [0.2, 0.25) is 5.02 Å². The quantitative estimate of drug-likeness (QED) is 0.911. The first-order chi connectivity index (χ1) is 9.24. The number of fused-ring (bicyclic) bond motifs is 1. The summed E-state index contributed by atoms with van der Waals surface area (Å²) in [4.78, 5) is 6.46. The fourth-order valence-corrected chi connectivity index (χ4v) is 2.40. The van der Waals surface area contributed by atoms with E-state index >= 15 is 0 Å². The van der Waals surface area contributed by atoms with E-state index in [2.05, 4.69) is 11.1 Å². The number of guanidine groups is 1. The Balaban J connectivity index is 1.87. The molecule has 19 heavy (non-hydrogen) atoms. The number of benzene rings is 2. The van der Waals surface area contributed by atoms with Gasteiger partial charge < -0.3 is 10.6 Å². The van der Waals surface area contributed by atoms with Crippen LogP contribution in [-0.4, -0.2) is 10.9 Å². The lowest BCUT2D eigenvalue weighted by molar-refractivity contribution is 0.396. The Morgan fingerprint density at radius 1 is 1.11 bits per heavy atom. The predicted octanol–water partition coefficient (Wildman–Crippen LogP) is 3.30. The summed E-state index contributed by atoms with van der Waals surface area (Å²) in [7, 11) is 0. The minimum atomic E-state index is 0.540. The molecule has 1 aliphatic heterocycles. The zero-order chi connectivity index (χ0) is 13.2. The first-order valence-electron chi connectivity index (χ1n) is 6.14. The van der Waals surface area contributed by atoms with Crippen molar-refractivity contribution in [3.63, 3.8) is 0 Å². The van der Waals surface area contributed by atoms with E-state index in [0.717, 1.165) is 22.8 Å². The van der Waals surface area contributed by atoms with Crippen molar-refractivity contribution in [3.05, 3.63) is 64.7 Å². The van der Waals surface area contributed by atoms with Crippen LogP contribution >= 0.6 is 11.6 Å². The third kappa shape index (κ3) is 2.42. The molecular formula is C15H14ClN3. The predicted molar refractivity (Wildman–Crippen MR) is 78.4 cm³/mol. The summed E-state index contributed by atoms with van der Waals surface area (Å²) in [5.74, 6) is 0.540. The van der Waals surface area contributed by atoms with Crippen LogP contribution in [0.25, 0.3) is 0 Å². The van der Waals surface area contributed by atoms with Crippen LogP contribution in [0.3, 0.4) is 0 Å². The molecule has 0 radical (unpaired) electrons. The van der Waals surface area contributed by atoms with E-state index < -0.39 is 0 Å². The van der Waals surface area contributed by atoms with Crippen molar-refractivity contribution in [1.82, 2.24) is 4.90 Å². The second kappa shape index (κ2) is 4.94. The average molecular weight is 272 g/mol. The molecule has 0 atom stereocenters. The van der Waals surface area contributed by atoms with Gasteiger partial charge in [-0.15, -0.1) is 0 Å². The number of nitrogens with two attached hydrogens (primary N) is 1. The Labute approximate surface area is 117 Å². The van der Waals surface area contributed by atoms with Crippen molar-refractivity contribution in [3.8, 4) is 0 Å². The van der Waals surface area contributed by atoms with Crippen molar-refractivity contribution in [2.75, 3.05) is 0 Å². The van der Waals surface area contributed by atoms with Crippen molar-refractivity contribution in [2.45, 2.75) is 13.1 Å². The molecule has 0 aliphatic carbocycles. The molecule has 0 aromatic heterocycles. The van der Waals surface area contributed by atoms with Crippen molar-refractivity contribution in [2.24, 2.45) is 10.7 Å². The largest absolute Gasteiger partial charge is 0.369 e. The maximum absolute atomic E-state index is 6.18. The maximum Gasteiger partial charge on any atom is 0.197 e. The molecule has 0 spiro atoms. The molecule has 2 N–H and O–H groups in total. The van der Waals surface area contributed by atoms with E-state index in [1.165, 1.54) is 5.56 Å². The molecule has 1 heterocycles. The second-order valence-corrected chi connectivity index (χ2v) is 4.95. The van der Waals surface area contributed by atoms with Gasteiger partial charge in [0.25, 0.3) is 0 Å². The van der Waals surface area contributed by atoms with Gasteiger partial charge in [-0.05, 0) is 23.3 Å². The van der Waals surface area contributed by atoms with Crippen molar-refractivity contribution >= 4 is 23.2 Å². The van der Waals surface area contributed by atoms with Crippen molar-refractivity contribution < 1.29 is 0 Å². The monoisotopic (exact) mass is 271 g/mol. The zero-order valence-corrected chi connectivity index (χ0v) is 11.1. The summed E-state index contributed by atoms with van der Waals surface area (Å²) in [6.07, 6.45) is 0. The minimum Gasteiger partial charge on any atom is -0.369 e. The summed E-state index contributed by atoms with van der Waals surface area (Å²) in [6.45, 7) is 1.43. The molecule has 0 saturated heterocycles. The van der Waals surface area contributed by atoms with Gasteiger partial charge in [-0.2, -0.15) is 0 Å². The normalized spacial score (nSPS) is 13.9. The Morgan fingerprint density at radius 2 is 1.84 bits per heavy atom. The van der Waals surface area contributed by atoms with E-state index in [0.29, 0.717) is 12.5 Å². The van der Waals surface area contributed by atoms with Gasteiger partial charge in [-0.3, -0.25) is 0 Å². The number of para-hydroxylation sites is 1. The Kier molecular flexibility index (Phi) is 3.13. The second-order valence-electron chi connectivity index (χ2n) is 4.55. The third-order valence-corrected chi connectivity index (χ3v) is 3.60. The summed E-state index contributed by atoms with van der Waals surface area (Å²) >= 11 is 6.18. The van der Waals surface area contributed by atoms with E-state index in [9.17, 15) is 0 Å². The lowest BCUT2D eigenvalue weighted by atomic mass is 10.1. The molecule has 0 fully saturated rings. The molecule has 3 nitrogen and oxygen atoms in total. The fourth-order valence-electron chi connectivity index (χ4n) is 2.20. The Bertz CT molecular complexity index is 637. The van der Waals surface area contributed by atoms with E-state index in [-0.39, 0.29) is 0 Å². The molecule has 0 saturated carbocycles. The molecule has 96 valence electrons. The van der Waals surface area contributed by atoms with Gasteiger partial charge in [0.05, 0.1) is 5.69 Å². The van der Waals surface area contributed by atoms with Gasteiger partial charge >= 0.3 is 0 Å². The number of nitrogens with zero attached hydrogens (tertiary/aromatic N) is 2. The number of hydrogen-bond acceptors (Lipinski definition) is 3. The minimum absolute atomic E-state index is 0.540. The Morgan fingerprint density at radius 3 is 2.68 bits per heavy atom. The number of rotatable bonds is 2. The number of halogens is 1. The first-order valence-corrected chi connectivity index (χ1v) is 6.52. The summed E-state index contributed by atoms with van der Waals surface area (Å²) in [5, 5.41) is 0.758. The molecule has 0 bridgehead atoms. The number of hydrogen-bond donors (Lipinski definition) is 1. The summed E-state index contributed by atoms with van der Waals surface area (Å²) in [5.41, 5.74) is 9.22.